The van der Waals surface area contributed by atoms with Crippen molar-refractivity contribution >= 4 is 0 Å². The molecule has 0 saturated carbocycles. The van der Waals surface area contributed by atoms with Crippen molar-refractivity contribution in [3.05, 3.63) is 48.2 Å². The van der Waals surface area contributed by atoms with Crippen LogP contribution in [0.1, 0.15) is 25.5 Å². The fourth-order valence-corrected chi connectivity index (χ4v) is 1.90. The summed E-state index contributed by atoms with van der Waals surface area (Å²) >= 11 is 0. The molecule has 1 heterocycles. The van der Waals surface area contributed by atoms with Gasteiger partial charge < -0.3 is 5.84 Å². The number of hydrogen-bond donors (Lipinski definition) is 1. The molecular weight excluding hydrogens is 196 g/mol. The third kappa shape index (κ3) is 2.11. The van der Waals surface area contributed by atoms with Gasteiger partial charge in [0.2, 0.25) is 0 Å². The van der Waals surface area contributed by atoms with E-state index in [0.717, 1.165) is 12.1 Å². The van der Waals surface area contributed by atoms with Crippen molar-refractivity contribution in [2.45, 2.75) is 26.2 Å². The molecule has 0 fully saturated rings. The quantitative estimate of drug-likeness (QED) is 0.778. The first-order valence-corrected chi connectivity index (χ1v) is 5.84. The van der Waals surface area contributed by atoms with E-state index in [4.69, 9.17) is 5.84 Å². The van der Waals surface area contributed by atoms with Crippen LogP contribution in [0.2, 0.25) is 0 Å². The van der Waals surface area contributed by atoms with Crippen LogP contribution in [-0.4, -0.2) is 4.68 Å². The van der Waals surface area contributed by atoms with E-state index < -0.39 is 0 Å². The Morgan fingerprint density at radius 2 is 1.81 bits per heavy atom. The van der Waals surface area contributed by atoms with Crippen molar-refractivity contribution < 1.29 is 0 Å². The fourth-order valence-electron chi connectivity index (χ4n) is 1.90. The van der Waals surface area contributed by atoms with Gasteiger partial charge in [-0.2, -0.15) is 0 Å². The molecule has 0 aliphatic heterocycles. The number of benzene rings is 1. The van der Waals surface area contributed by atoms with Gasteiger partial charge in [-0.25, -0.2) is 0 Å². The minimum atomic E-state index is 1.06. The third-order valence-corrected chi connectivity index (χ3v) is 2.86. The first-order valence-electron chi connectivity index (χ1n) is 5.84. The molecule has 2 aromatic rings. The maximum Gasteiger partial charge on any atom is 0.0693 e. The van der Waals surface area contributed by atoms with Crippen molar-refractivity contribution in [2.24, 2.45) is 0 Å². The molecule has 0 amide bonds. The summed E-state index contributed by atoms with van der Waals surface area (Å²) < 4.78 is 1.81. The van der Waals surface area contributed by atoms with E-state index >= 15 is 0 Å². The number of rotatable bonds is 4. The van der Waals surface area contributed by atoms with Crippen LogP contribution >= 0.6 is 0 Å². The normalized spacial score (nSPS) is 10.6. The van der Waals surface area contributed by atoms with Gasteiger partial charge in [-0.05, 0) is 25.0 Å². The van der Waals surface area contributed by atoms with Gasteiger partial charge in [-0.15, -0.1) is 0 Å². The van der Waals surface area contributed by atoms with Gasteiger partial charge in [0.25, 0.3) is 0 Å². The second-order valence-electron chi connectivity index (χ2n) is 4.05. The molecule has 0 atom stereocenters. The SMILES string of the molecule is CCCCc1ccc(-c2ccccc2)n1N. The number of nitrogens with zero attached hydrogens (tertiary/aromatic N) is 1. The van der Waals surface area contributed by atoms with E-state index in [1.54, 1.807) is 0 Å². The first kappa shape index (κ1) is 10.8. The van der Waals surface area contributed by atoms with Crippen LogP contribution in [0.5, 0.6) is 0 Å². The van der Waals surface area contributed by atoms with Crippen molar-refractivity contribution in [3.8, 4) is 11.3 Å². The molecule has 0 bridgehead atoms. The smallest absolute Gasteiger partial charge is 0.0693 e. The Bertz CT molecular complexity index is 443. The molecule has 0 aliphatic rings. The standard InChI is InChI=1S/C14H18N2/c1-2-3-9-13-10-11-14(16(13)15)12-7-5-4-6-8-12/h4-8,10-11H,2-3,9,15H2,1H3. The van der Waals surface area contributed by atoms with Crippen molar-refractivity contribution in [1.82, 2.24) is 4.68 Å². The molecule has 1 aromatic carbocycles. The highest BCUT2D eigenvalue weighted by Crippen LogP contribution is 2.20. The van der Waals surface area contributed by atoms with Crippen LogP contribution in [0, 0.1) is 0 Å². The largest absolute Gasteiger partial charge is 0.339 e. The molecule has 0 saturated heterocycles. The minimum Gasteiger partial charge on any atom is -0.339 e. The second-order valence-corrected chi connectivity index (χ2v) is 4.05. The molecule has 0 unspecified atom stereocenters. The van der Waals surface area contributed by atoms with E-state index in [9.17, 15) is 0 Å². The number of hydrogen-bond acceptors (Lipinski definition) is 1. The number of nitrogen functional groups attached to an aromatic ring is 1. The predicted octanol–water partition coefficient (Wildman–Crippen LogP) is 3.21. The molecule has 84 valence electrons. The Kier molecular flexibility index (Phi) is 3.30. The Morgan fingerprint density at radius 3 is 2.50 bits per heavy atom. The van der Waals surface area contributed by atoms with Crippen molar-refractivity contribution in [1.29, 1.82) is 0 Å². The Hall–Kier alpha value is -1.70. The summed E-state index contributed by atoms with van der Waals surface area (Å²) in [5.41, 5.74) is 3.47. The topological polar surface area (TPSA) is 30.9 Å². The fraction of sp³-hybridized carbons (Fsp3) is 0.286. The highest BCUT2D eigenvalue weighted by molar-refractivity contribution is 5.60. The molecule has 1 aromatic heterocycles. The predicted molar refractivity (Wildman–Crippen MR) is 68.6 cm³/mol. The van der Waals surface area contributed by atoms with Gasteiger partial charge in [0.15, 0.2) is 0 Å². The molecule has 2 N–H and O–H groups in total. The first-order chi connectivity index (χ1) is 7.83. The lowest BCUT2D eigenvalue weighted by atomic mass is 10.2. The highest BCUT2D eigenvalue weighted by Gasteiger charge is 2.06. The van der Waals surface area contributed by atoms with Crippen LogP contribution in [0.3, 0.4) is 0 Å². The van der Waals surface area contributed by atoms with Gasteiger partial charge in [0.1, 0.15) is 0 Å². The summed E-state index contributed by atoms with van der Waals surface area (Å²) in [6.45, 7) is 2.20. The lowest BCUT2D eigenvalue weighted by Crippen LogP contribution is -2.13. The van der Waals surface area contributed by atoms with Crippen molar-refractivity contribution in [3.63, 3.8) is 0 Å². The Balaban J connectivity index is 2.27. The number of aromatic nitrogens is 1. The monoisotopic (exact) mass is 214 g/mol. The summed E-state index contributed by atoms with van der Waals surface area (Å²) in [6.07, 6.45) is 3.45. The van der Waals surface area contributed by atoms with Gasteiger partial charge in [-0.1, -0.05) is 43.7 Å². The van der Waals surface area contributed by atoms with Gasteiger partial charge in [-0.3, -0.25) is 4.68 Å². The van der Waals surface area contributed by atoms with E-state index in [0.29, 0.717) is 0 Å². The van der Waals surface area contributed by atoms with Gasteiger partial charge >= 0.3 is 0 Å². The molecule has 2 nitrogen and oxygen atoms in total. The summed E-state index contributed by atoms with van der Waals surface area (Å²) in [7, 11) is 0. The summed E-state index contributed by atoms with van der Waals surface area (Å²) in [5.74, 6) is 6.09. The summed E-state index contributed by atoms with van der Waals surface area (Å²) in [6, 6.07) is 14.5. The van der Waals surface area contributed by atoms with Crippen LogP contribution in [-0.2, 0) is 6.42 Å². The van der Waals surface area contributed by atoms with E-state index in [1.807, 2.05) is 22.9 Å². The second kappa shape index (κ2) is 4.88. The maximum absolute atomic E-state index is 6.09. The van der Waals surface area contributed by atoms with Crippen LogP contribution in [0.4, 0.5) is 0 Å². The number of aryl methyl sites for hydroxylation is 1. The highest BCUT2D eigenvalue weighted by atomic mass is 15.3. The Morgan fingerprint density at radius 1 is 1.06 bits per heavy atom. The molecular formula is C14H18N2. The van der Waals surface area contributed by atoms with E-state index in [1.165, 1.54) is 24.1 Å². The maximum atomic E-state index is 6.09. The minimum absolute atomic E-state index is 1.06. The summed E-state index contributed by atoms with van der Waals surface area (Å²) in [5, 5.41) is 0. The zero-order valence-corrected chi connectivity index (χ0v) is 9.69. The van der Waals surface area contributed by atoms with Crippen LogP contribution in [0.15, 0.2) is 42.5 Å². The van der Waals surface area contributed by atoms with Gasteiger partial charge in [0.05, 0.1) is 5.69 Å². The molecule has 2 heteroatoms. The Labute approximate surface area is 96.7 Å². The average Bonchev–Trinajstić information content (AvgIpc) is 2.69. The third-order valence-electron chi connectivity index (χ3n) is 2.86. The lowest BCUT2D eigenvalue weighted by Gasteiger charge is -2.07. The van der Waals surface area contributed by atoms with Crippen LogP contribution < -0.4 is 5.84 Å². The average molecular weight is 214 g/mol. The summed E-state index contributed by atoms with van der Waals surface area (Å²) in [4.78, 5) is 0. The zero-order valence-electron chi connectivity index (χ0n) is 9.69. The van der Waals surface area contributed by atoms with E-state index in [2.05, 4.69) is 31.2 Å². The van der Waals surface area contributed by atoms with Crippen molar-refractivity contribution in [2.75, 3.05) is 5.84 Å². The lowest BCUT2D eigenvalue weighted by molar-refractivity contribution is 0.752. The number of unbranched alkanes of at least 4 members (excludes halogenated alkanes) is 1. The molecule has 0 spiro atoms. The molecule has 0 aliphatic carbocycles. The zero-order chi connectivity index (χ0) is 11.4. The van der Waals surface area contributed by atoms with Crippen LogP contribution in [0.25, 0.3) is 11.3 Å². The molecule has 16 heavy (non-hydrogen) atoms. The molecule has 2 rings (SSSR count). The van der Waals surface area contributed by atoms with Gasteiger partial charge in [0, 0.05) is 11.3 Å². The van der Waals surface area contributed by atoms with E-state index in [-0.39, 0.29) is 0 Å². The number of nitrogens with two attached hydrogens (primary N) is 1. The molecule has 0 radical (unpaired) electrons.